The maximum absolute atomic E-state index is 12.6. The Labute approximate surface area is 182 Å². The molecule has 2 amide bonds. The van der Waals surface area contributed by atoms with Crippen molar-refractivity contribution in [1.82, 2.24) is 9.78 Å². The maximum atomic E-state index is 12.6. The van der Waals surface area contributed by atoms with Crippen molar-refractivity contribution >= 4 is 33.5 Å². The van der Waals surface area contributed by atoms with Crippen LogP contribution in [0.5, 0.6) is 5.75 Å². The van der Waals surface area contributed by atoms with Crippen molar-refractivity contribution in [3.63, 3.8) is 0 Å². The number of aromatic nitrogens is 2. The minimum atomic E-state index is -0.364. The van der Waals surface area contributed by atoms with Gasteiger partial charge < -0.3 is 10.1 Å². The number of hydrogen-bond acceptors (Lipinski definition) is 3. The Kier molecular flexibility index (Phi) is 5.81. The van der Waals surface area contributed by atoms with Crippen LogP contribution in [0.3, 0.4) is 0 Å². The molecule has 0 aliphatic carbocycles. The molecular formula is C23H19BrN4O2. The number of urea groups is 1. The first-order valence-corrected chi connectivity index (χ1v) is 10.1. The molecule has 1 aromatic heterocycles. The van der Waals surface area contributed by atoms with Crippen LogP contribution in [0.4, 0.5) is 16.3 Å². The van der Waals surface area contributed by atoms with E-state index in [0.717, 1.165) is 21.4 Å². The van der Waals surface area contributed by atoms with Crippen molar-refractivity contribution in [2.45, 2.75) is 0 Å². The number of ether oxygens (including phenoxy) is 1. The van der Waals surface area contributed by atoms with Crippen LogP contribution in [-0.2, 0) is 0 Å². The number of carbonyl (C=O) groups is 1. The normalized spacial score (nSPS) is 10.5. The van der Waals surface area contributed by atoms with Crippen molar-refractivity contribution in [3.8, 4) is 22.7 Å². The van der Waals surface area contributed by atoms with Gasteiger partial charge in [0.2, 0.25) is 0 Å². The molecule has 0 bridgehead atoms. The van der Waals surface area contributed by atoms with Crippen LogP contribution in [0.1, 0.15) is 0 Å². The Balaban J connectivity index is 1.68. The highest BCUT2D eigenvalue weighted by Crippen LogP contribution is 2.26. The lowest BCUT2D eigenvalue weighted by molar-refractivity contribution is 0.262. The van der Waals surface area contributed by atoms with Gasteiger partial charge in [-0.25, -0.2) is 9.48 Å². The summed E-state index contributed by atoms with van der Waals surface area (Å²) >= 11 is 3.41. The summed E-state index contributed by atoms with van der Waals surface area (Å²) in [7, 11) is 1.61. The van der Waals surface area contributed by atoms with E-state index in [1.807, 2.05) is 84.9 Å². The van der Waals surface area contributed by atoms with Crippen LogP contribution in [0.25, 0.3) is 16.9 Å². The molecular weight excluding hydrogens is 444 g/mol. The quantitative estimate of drug-likeness (QED) is 0.384. The van der Waals surface area contributed by atoms with Crippen molar-refractivity contribution in [2.75, 3.05) is 17.7 Å². The third kappa shape index (κ3) is 4.52. The van der Waals surface area contributed by atoms with Gasteiger partial charge in [0.05, 0.1) is 18.5 Å². The predicted octanol–water partition coefficient (Wildman–Crippen LogP) is 5.95. The summed E-state index contributed by atoms with van der Waals surface area (Å²) < 4.78 is 7.90. The fourth-order valence-electron chi connectivity index (χ4n) is 3.00. The largest absolute Gasteiger partial charge is 0.497 e. The van der Waals surface area contributed by atoms with Gasteiger partial charge in [-0.05, 0) is 30.3 Å². The van der Waals surface area contributed by atoms with Gasteiger partial charge in [0, 0.05) is 27.9 Å². The first-order valence-electron chi connectivity index (χ1n) is 9.26. The summed E-state index contributed by atoms with van der Waals surface area (Å²) in [5.74, 6) is 1.24. The molecule has 0 aliphatic rings. The van der Waals surface area contributed by atoms with Gasteiger partial charge in [-0.3, -0.25) is 5.32 Å². The highest BCUT2D eigenvalue weighted by Gasteiger charge is 2.14. The number of halogens is 1. The molecule has 30 heavy (non-hydrogen) atoms. The summed E-state index contributed by atoms with van der Waals surface area (Å²) in [6, 6.07) is 26.2. The van der Waals surface area contributed by atoms with Crippen molar-refractivity contribution < 1.29 is 9.53 Å². The summed E-state index contributed by atoms with van der Waals surface area (Å²) in [5.41, 5.74) is 3.15. The molecule has 0 fully saturated rings. The Morgan fingerprint density at radius 1 is 0.933 bits per heavy atom. The standard InChI is InChI=1S/C23H19BrN4O2/c1-30-20-12-6-11-19(14-20)28-22(15-21(27-28)16-7-3-2-4-8-16)26-23(29)25-18-10-5-9-17(24)13-18/h2-15H,1H3,(H2,25,26,29). The molecule has 150 valence electrons. The van der Waals surface area contributed by atoms with Gasteiger partial charge in [0.1, 0.15) is 11.6 Å². The fourth-order valence-corrected chi connectivity index (χ4v) is 3.40. The molecule has 0 radical (unpaired) electrons. The SMILES string of the molecule is COc1cccc(-n2nc(-c3ccccc3)cc2NC(=O)Nc2cccc(Br)c2)c1. The van der Waals surface area contributed by atoms with Gasteiger partial charge in [-0.15, -0.1) is 0 Å². The van der Waals surface area contributed by atoms with E-state index < -0.39 is 0 Å². The van der Waals surface area contributed by atoms with E-state index >= 15 is 0 Å². The Hall–Kier alpha value is -3.58. The lowest BCUT2D eigenvalue weighted by Crippen LogP contribution is -2.21. The van der Waals surface area contributed by atoms with Crippen molar-refractivity contribution in [3.05, 3.63) is 89.4 Å². The van der Waals surface area contributed by atoms with Crippen molar-refractivity contribution in [2.24, 2.45) is 0 Å². The fraction of sp³-hybridized carbons (Fsp3) is 0.0435. The zero-order valence-electron chi connectivity index (χ0n) is 16.2. The second-order valence-electron chi connectivity index (χ2n) is 6.48. The van der Waals surface area contributed by atoms with Crippen LogP contribution in [0, 0.1) is 0 Å². The highest BCUT2D eigenvalue weighted by atomic mass is 79.9. The number of anilines is 2. The number of benzene rings is 3. The minimum absolute atomic E-state index is 0.364. The van der Waals surface area contributed by atoms with Crippen LogP contribution in [0.2, 0.25) is 0 Å². The van der Waals surface area contributed by atoms with E-state index in [0.29, 0.717) is 17.3 Å². The molecule has 0 aliphatic heterocycles. The molecule has 0 atom stereocenters. The molecule has 1 heterocycles. The molecule has 0 saturated carbocycles. The number of hydrogen-bond donors (Lipinski definition) is 2. The van der Waals surface area contributed by atoms with Crippen LogP contribution in [-0.4, -0.2) is 22.9 Å². The van der Waals surface area contributed by atoms with E-state index in [1.165, 1.54) is 0 Å². The third-order valence-corrected chi connectivity index (χ3v) is 4.89. The summed E-state index contributed by atoms with van der Waals surface area (Å²) in [6.07, 6.45) is 0. The van der Waals surface area contributed by atoms with E-state index in [9.17, 15) is 4.79 Å². The first kappa shape index (κ1) is 19.7. The van der Waals surface area contributed by atoms with E-state index in [1.54, 1.807) is 11.8 Å². The highest BCUT2D eigenvalue weighted by molar-refractivity contribution is 9.10. The number of methoxy groups -OCH3 is 1. The molecule has 4 aromatic rings. The second-order valence-corrected chi connectivity index (χ2v) is 7.40. The van der Waals surface area contributed by atoms with E-state index in [-0.39, 0.29) is 6.03 Å². The van der Waals surface area contributed by atoms with E-state index in [4.69, 9.17) is 9.84 Å². The predicted molar refractivity (Wildman–Crippen MR) is 122 cm³/mol. The van der Waals surface area contributed by atoms with Crippen LogP contribution < -0.4 is 15.4 Å². The van der Waals surface area contributed by atoms with Crippen molar-refractivity contribution in [1.29, 1.82) is 0 Å². The van der Waals surface area contributed by atoms with Crippen LogP contribution >= 0.6 is 15.9 Å². The minimum Gasteiger partial charge on any atom is -0.497 e. The molecule has 0 unspecified atom stereocenters. The third-order valence-electron chi connectivity index (χ3n) is 4.40. The van der Waals surface area contributed by atoms with E-state index in [2.05, 4.69) is 26.6 Å². The van der Waals surface area contributed by atoms with Gasteiger partial charge in [-0.2, -0.15) is 5.10 Å². The number of nitrogens with one attached hydrogen (secondary N) is 2. The first-order chi connectivity index (χ1) is 14.6. The number of nitrogens with zero attached hydrogens (tertiary/aromatic N) is 2. The topological polar surface area (TPSA) is 68.2 Å². The molecule has 2 N–H and O–H groups in total. The Morgan fingerprint density at radius 3 is 2.50 bits per heavy atom. The molecule has 3 aromatic carbocycles. The summed E-state index contributed by atoms with van der Waals surface area (Å²) in [6.45, 7) is 0. The average molecular weight is 463 g/mol. The van der Waals surface area contributed by atoms with Crippen LogP contribution in [0.15, 0.2) is 89.4 Å². The number of carbonyl (C=O) groups excluding carboxylic acids is 1. The molecule has 6 nitrogen and oxygen atoms in total. The van der Waals surface area contributed by atoms with Gasteiger partial charge in [-0.1, -0.05) is 58.4 Å². The zero-order valence-corrected chi connectivity index (χ0v) is 17.8. The Bertz CT molecular complexity index is 1170. The lowest BCUT2D eigenvalue weighted by Gasteiger charge is -2.11. The van der Waals surface area contributed by atoms with Gasteiger partial charge in [0.15, 0.2) is 0 Å². The average Bonchev–Trinajstić information content (AvgIpc) is 3.18. The molecule has 7 heteroatoms. The smallest absolute Gasteiger partial charge is 0.324 e. The number of rotatable bonds is 5. The summed E-state index contributed by atoms with van der Waals surface area (Å²) in [5, 5.41) is 10.4. The Morgan fingerprint density at radius 2 is 1.73 bits per heavy atom. The maximum Gasteiger partial charge on any atom is 0.324 e. The van der Waals surface area contributed by atoms with Gasteiger partial charge >= 0.3 is 6.03 Å². The second kappa shape index (κ2) is 8.84. The molecule has 0 saturated heterocycles. The number of amides is 2. The summed E-state index contributed by atoms with van der Waals surface area (Å²) in [4.78, 5) is 12.6. The van der Waals surface area contributed by atoms with Gasteiger partial charge in [0.25, 0.3) is 0 Å². The zero-order chi connectivity index (χ0) is 20.9. The monoisotopic (exact) mass is 462 g/mol. The molecule has 4 rings (SSSR count). The lowest BCUT2D eigenvalue weighted by atomic mass is 10.2. The molecule has 0 spiro atoms.